The molecule has 122 valence electrons. The maximum Gasteiger partial charge on any atom is 0.340 e. The number of anilines is 1. The second kappa shape index (κ2) is 7.77. The van der Waals surface area contributed by atoms with E-state index in [-0.39, 0.29) is 15.7 Å². The van der Waals surface area contributed by atoms with Crippen LogP contribution < -0.4 is 5.32 Å². The minimum Gasteiger partial charge on any atom is -0.449 e. The lowest BCUT2D eigenvalue weighted by Gasteiger charge is -2.13. The maximum absolute atomic E-state index is 12.1. The highest BCUT2D eigenvalue weighted by molar-refractivity contribution is 6.32. The van der Waals surface area contributed by atoms with E-state index in [1.165, 1.54) is 43.5 Å². The van der Waals surface area contributed by atoms with Gasteiger partial charge in [-0.3, -0.25) is 4.79 Å². The number of hydrogen-bond acceptors (Lipinski definition) is 5. The number of amides is 1. The summed E-state index contributed by atoms with van der Waals surface area (Å²) in [7, 11) is 0. The molecule has 1 unspecified atom stereocenters. The average molecular weight is 364 g/mol. The lowest BCUT2D eigenvalue weighted by molar-refractivity contribution is -0.123. The molecule has 24 heavy (non-hydrogen) atoms. The molecule has 1 N–H and O–H groups in total. The van der Waals surface area contributed by atoms with E-state index in [0.29, 0.717) is 11.3 Å². The highest BCUT2D eigenvalue weighted by Gasteiger charge is 2.19. The van der Waals surface area contributed by atoms with Gasteiger partial charge in [-0.05, 0) is 37.3 Å². The molecule has 0 radical (unpaired) electrons. The van der Waals surface area contributed by atoms with E-state index in [1.807, 2.05) is 6.07 Å². The molecule has 2 rings (SSSR count). The number of rotatable bonds is 4. The zero-order chi connectivity index (χ0) is 17.7. The Labute approximate surface area is 148 Å². The van der Waals surface area contributed by atoms with Crippen molar-refractivity contribution in [2.45, 2.75) is 13.0 Å². The standard InChI is InChI=1S/C16H11Cl2N3O3/c1-9(24-16(23)11-3-5-14(18)20-8-11)15(22)21-12-4-2-10(7-19)13(17)6-12/h2-6,8-9H,1H3,(H,21,22). The molecule has 6 nitrogen and oxygen atoms in total. The number of hydrogen-bond donors (Lipinski definition) is 1. The van der Waals surface area contributed by atoms with Gasteiger partial charge in [0.25, 0.3) is 5.91 Å². The van der Waals surface area contributed by atoms with Crippen molar-refractivity contribution in [3.05, 3.63) is 57.8 Å². The Bertz CT molecular complexity index is 816. The predicted octanol–water partition coefficient (Wildman–Crippen LogP) is 3.44. The molecule has 1 aromatic heterocycles. The Kier molecular flexibility index (Phi) is 5.74. The van der Waals surface area contributed by atoms with Crippen LogP contribution in [-0.2, 0) is 9.53 Å². The number of carbonyl (C=O) groups excluding carboxylic acids is 2. The molecule has 0 saturated carbocycles. The van der Waals surface area contributed by atoms with Crippen LogP contribution in [0.3, 0.4) is 0 Å². The van der Waals surface area contributed by atoms with Crippen molar-refractivity contribution in [1.29, 1.82) is 5.26 Å². The number of ether oxygens (including phenoxy) is 1. The Hall–Kier alpha value is -2.62. The van der Waals surface area contributed by atoms with Crippen molar-refractivity contribution in [3.63, 3.8) is 0 Å². The maximum atomic E-state index is 12.1. The zero-order valence-corrected chi connectivity index (χ0v) is 13.9. The topological polar surface area (TPSA) is 92.1 Å². The van der Waals surface area contributed by atoms with E-state index in [1.54, 1.807) is 0 Å². The third-order valence-corrected chi connectivity index (χ3v) is 3.51. The van der Waals surface area contributed by atoms with Crippen molar-refractivity contribution in [3.8, 4) is 6.07 Å². The minimum absolute atomic E-state index is 0.181. The molecular formula is C16H11Cl2N3O3. The molecule has 0 bridgehead atoms. The first-order valence-corrected chi connectivity index (χ1v) is 7.49. The number of halogens is 2. The summed E-state index contributed by atoms with van der Waals surface area (Å²) < 4.78 is 5.07. The van der Waals surface area contributed by atoms with Gasteiger partial charge in [0.1, 0.15) is 11.2 Å². The fourth-order valence-corrected chi connectivity index (χ4v) is 2.04. The third-order valence-electron chi connectivity index (χ3n) is 2.97. The van der Waals surface area contributed by atoms with Crippen LogP contribution in [0.25, 0.3) is 0 Å². The SMILES string of the molecule is CC(OC(=O)c1ccc(Cl)nc1)C(=O)Nc1ccc(C#N)c(Cl)c1. The van der Waals surface area contributed by atoms with Gasteiger partial charge in [0.2, 0.25) is 0 Å². The van der Waals surface area contributed by atoms with Gasteiger partial charge >= 0.3 is 5.97 Å². The molecule has 0 aliphatic heterocycles. The molecular weight excluding hydrogens is 353 g/mol. The molecule has 0 fully saturated rings. The van der Waals surface area contributed by atoms with Gasteiger partial charge in [-0.1, -0.05) is 23.2 Å². The summed E-state index contributed by atoms with van der Waals surface area (Å²) in [5, 5.41) is 11.8. The molecule has 0 spiro atoms. The van der Waals surface area contributed by atoms with E-state index in [0.717, 1.165) is 0 Å². The number of esters is 1. The Morgan fingerprint density at radius 2 is 2.04 bits per heavy atom. The van der Waals surface area contributed by atoms with Crippen molar-refractivity contribution < 1.29 is 14.3 Å². The van der Waals surface area contributed by atoms with Gasteiger partial charge in [-0.2, -0.15) is 5.26 Å². The highest BCUT2D eigenvalue weighted by atomic mass is 35.5. The third kappa shape index (κ3) is 4.44. The van der Waals surface area contributed by atoms with Crippen LogP contribution in [0.2, 0.25) is 10.2 Å². The first-order chi connectivity index (χ1) is 11.4. The van der Waals surface area contributed by atoms with Crippen LogP contribution in [0.15, 0.2) is 36.5 Å². The monoisotopic (exact) mass is 363 g/mol. The first kappa shape index (κ1) is 17.7. The fourth-order valence-electron chi connectivity index (χ4n) is 1.71. The molecule has 1 aromatic carbocycles. The van der Waals surface area contributed by atoms with Gasteiger partial charge in [0, 0.05) is 11.9 Å². The number of pyridine rings is 1. The molecule has 2 aromatic rings. The summed E-state index contributed by atoms with van der Waals surface area (Å²) >= 11 is 11.5. The smallest absolute Gasteiger partial charge is 0.340 e. The van der Waals surface area contributed by atoms with Crippen molar-refractivity contribution in [2.24, 2.45) is 0 Å². The van der Waals surface area contributed by atoms with Crippen LogP contribution in [0.4, 0.5) is 5.69 Å². The van der Waals surface area contributed by atoms with Gasteiger partial charge in [0.05, 0.1) is 16.1 Å². The molecule has 1 amide bonds. The quantitative estimate of drug-likeness (QED) is 0.663. The van der Waals surface area contributed by atoms with Gasteiger partial charge < -0.3 is 10.1 Å². The van der Waals surface area contributed by atoms with E-state index >= 15 is 0 Å². The van der Waals surface area contributed by atoms with E-state index in [4.69, 9.17) is 33.2 Å². The molecule has 1 atom stereocenters. The Balaban J connectivity index is 1.99. The van der Waals surface area contributed by atoms with Crippen molar-refractivity contribution >= 4 is 40.8 Å². The lowest BCUT2D eigenvalue weighted by Crippen LogP contribution is -2.30. The number of nitrogens with one attached hydrogen (secondary N) is 1. The summed E-state index contributed by atoms with van der Waals surface area (Å²) in [4.78, 5) is 27.8. The second-order valence-electron chi connectivity index (χ2n) is 4.71. The van der Waals surface area contributed by atoms with Crippen LogP contribution in [-0.4, -0.2) is 23.0 Å². The normalized spacial score (nSPS) is 11.2. The fraction of sp³-hybridized carbons (Fsp3) is 0.125. The number of nitriles is 1. The summed E-state index contributed by atoms with van der Waals surface area (Å²) in [6, 6.07) is 9.26. The molecule has 8 heteroatoms. The molecule has 0 aliphatic carbocycles. The number of benzene rings is 1. The Morgan fingerprint density at radius 3 is 2.62 bits per heavy atom. The molecule has 0 aliphatic rings. The number of nitrogens with zero attached hydrogens (tertiary/aromatic N) is 2. The molecule has 0 saturated heterocycles. The Morgan fingerprint density at radius 1 is 1.29 bits per heavy atom. The van der Waals surface area contributed by atoms with Gasteiger partial charge in [0.15, 0.2) is 6.10 Å². The summed E-state index contributed by atoms with van der Waals surface area (Å²) in [5.74, 6) is -1.23. The van der Waals surface area contributed by atoms with Gasteiger partial charge in [-0.25, -0.2) is 9.78 Å². The van der Waals surface area contributed by atoms with Crippen LogP contribution >= 0.6 is 23.2 Å². The van der Waals surface area contributed by atoms with E-state index in [2.05, 4.69) is 10.3 Å². The highest BCUT2D eigenvalue weighted by Crippen LogP contribution is 2.20. The van der Waals surface area contributed by atoms with E-state index in [9.17, 15) is 9.59 Å². The minimum atomic E-state index is -1.04. The molecule has 1 heterocycles. The van der Waals surface area contributed by atoms with Crippen LogP contribution in [0.1, 0.15) is 22.8 Å². The summed E-state index contributed by atoms with van der Waals surface area (Å²) in [5.41, 5.74) is 0.866. The average Bonchev–Trinajstić information content (AvgIpc) is 2.55. The zero-order valence-electron chi connectivity index (χ0n) is 12.4. The first-order valence-electron chi connectivity index (χ1n) is 6.73. The number of aromatic nitrogens is 1. The predicted molar refractivity (Wildman–Crippen MR) is 88.9 cm³/mol. The van der Waals surface area contributed by atoms with E-state index < -0.39 is 18.0 Å². The summed E-state index contributed by atoms with van der Waals surface area (Å²) in [6.45, 7) is 1.43. The second-order valence-corrected chi connectivity index (χ2v) is 5.51. The lowest BCUT2D eigenvalue weighted by atomic mass is 10.2. The van der Waals surface area contributed by atoms with Gasteiger partial charge in [-0.15, -0.1) is 0 Å². The number of carbonyl (C=O) groups is 2. The van der Waals surface area contributed by atoms with Crippen LogP contribution in [0.5, 0.6) is 0 Å². The largest absolute Gasteiger partial charge is 0.449 e. The summed E-state index contributed by atoms with van der Waals surface area (Å²) in [6.07, 6.45) is 0.220. The van der Waals surface area contributed by atoms with Crippen molar-refractivity contribution in [2.75, 3.05) is 5.32 Å². The van der Waals surface area contributed by atoms with Crippen LogP contribution in [0, 0.1) is 11.3 Å². The van der Waals surface area contributed by atoms with Crippen molar-refractivity contribution in [1.82, 2.24) is 4.98 Å².